The average molecular weight is 1390 g/mol. The maximum atomic E-state index is 13.7. The Bertz CT molecular complexity index is 4040. The number of aromatic nitrogens is 5. The molecule has 2 aliphatic heterocycles. The Morgan fingerprint density at radius 2 is 0.916 bits per heavy atom. The monoisotopic (exact) mass is 1390 g/mol. The fourth-order valence-corrected chi connectivity index (χ4v) is 13.6. The molecule has 2 fully saturated rings. The normalized spacial score (nSPS) is 14.1. The van der Waals surface area contributed by atoms with Crippen molar-refractivity contribution in [3.63, 3.8) is 0 Å². The summed E-state index contributed by atoms with van der Waals surface area (Å²) in [4.78, 5) is 87.0. The summed E-state index contributed by atoms with van der Waals surface area (Å²) in [6.07, 6.45) is 8.65. The summed E-state index contributed by atoms with van der Waals surface area (Å²) >= 11 is 3.70. The summed E-state index contributed by atoms with van der Waals surface area (Å²) in [6, 6.07) is 21.2. The van der Waals surface area contributed by atoms with Crippen LogP contribution in [0.25, 0.3) is 12.2 Å². The minimum absolute atomic E-state index is 0.176. The first kappa shape index (κ1) is 70.4. The number of thiazole rings is 2. The van der Waals surface area contributed by atoms with Crippen LogP contribution in [-0.4, -0.2) is 132 Å². The number of azo groups is 2. The van der Waals surface area contributed by atoms with Crippen molar-refractivity contribution >= 4 is 169 Å². The van der Waals surface area contributed by atoms with E-state index in [1.54, 1.807) is 0 Å². The molecule has 32 heteroatoms. The highest BCUT2D eigenvalue weighted by Gasteiger charge is 2.26. The molecule has 500 valence electrons. The number of rotatable bonds is 28. The molecule has 95 heavy (non-hydrogen) atoms. The minimum Gasteiger partial charge on any atom is -0.372 e. The highest BCUT2D eigenvalue weighted by molar-refractivity contribution is 7.99. The maximum absolute atomic E-state index is 13.7. The lowest BCUT2D eigenvalue weighted by molar-refractivity contribution is -0.120. The van der Waals surface area contributed by atoms with E-state index in [1.165, 1.54) is 62.0 Å². The maximum Gasteiger partial charge on any atom is 0.294 e. The van der Waals surface area contributed by atoms with Crippen molar-refractivity contribution in [3.8, 4) is 0 Å². The number of piperidine rings is 2. The summed E-state index contributed by atoms with van der Waals surface area (Å²) in [5.74, 6) is -0.474. The molecule has 5 heterocycles. The lowest BCUT2D eigenvalue weighted by Gasteiger charge is -2.27. The molecular weight excluding hydrogens is 1320 g/mol. The Labute approximate surface area is 563 Å². The highest BCUT2D eigenvalue weighted by Crippen LogP contribution is 2.41. The first-order chi connectivity index (χ1) is 45.5. The predicted molar refractivity (Wildman–Crippen MR) is 375 cm³/mol. The molecule has 7 aromatic rings. The Kier molecular flexibility index (Phi) is 23.7. The summed E-state index contributed by atoms with van der Waals surface area (Å²) in [5, 5.41) is 31.9. The lowest BCUT2D eigenvalue weighted by Crippen LogP contribution is -2.30. The number of amides is 2. The van der Waals surface area contributed by atoms with Gasteiger partial charge in [0.25, 0.3) is 32.1 Å². The molecule has 2 saturated heterocycles. The van der Waals surface area contributed by atoms with Crippen LogP contribution in [0.4, 0.5) is 79.3 Å². The first-order valence-electron chi connectivity index (χ1n) is 30.8. The fourth-order valence-electron chi connectivity index (χ4n) is 10.4. The zero-order valence-electron chi connectivity index (χ0n) is 53.4. The molecule has 0 bridgehead atoms. The lowest BCUT2D eigenvalue weighted by atomic mass is 10.1. The number of thioether (sulfide) groups is 1. The van der Waals surface area contributed by atoms with E-state index in [0.29, 0.717) is 107 Å². The van der Waals surface area contributed by atoms with Crippen molar-refractivity contribution in [1.29, 1.82) is 0 Å². The smallest absolute Gasteiger partial charge is 0.294 e. The van der Waals surface area contributed by atoms with E-state index < -0.39 is 43.6 Å². The molecule has 0 unspecified atom stereocenters. The fraction of sp³-hybridized carbons (Fsp3) is 0.349. The van der Waals surface area contributed by atoms with E-state index in [-0.39, 0.29) is 54.5 Å². The van der Waals surface area contributed by atoms with Crippen LogP contribution >= 0.6 is 34.4 Å². The van der Waals surface area contributed by atoms with Gasteiger partial charge in [0, 0.05) is 75.1 Å². The van der Waals surface area contributed by atoms with Crippen molar-refractivity contribution in [2.45, 2.75) is 102 Å². The highest BCUT2D eigenvalue weighted by atomic mass is 32.2. The number of ketones is 2. The second kappa shape index (κ2) is 32.0. The first-order valence-corrected chi connectivity index (χ1v) is 36.3. The number of nitrogens with one attached hydrogen (secondary N) is 4. The van der Waals surface area contributed by atoms with Gasteiger partial charge in [0.1, 0.15) is 23.0 Å². The number of carbonyl (C=O) groups is 4. The molecular formula is C63H73N17O10S5. The molecule has 6 N–H and O–H groups in total. The van der Waals surface area contributed by atoms with Crippen LogP contribution in [0.5, 0.6) is 0 Å². The second-order valence-corrected chi connectivity index (χ2v) is 27.8. The van der Waals surface area contributed by atoms with Gasteiger partial charge in [-0.15, -0.1) is 20.5 Å². The van der Waals surface area contributed by atoms with E-state index in [1.807, 2.05) is 43.3 Å². The van der Waals surface area contributed by atoms with Crippen LogP contribution in [0.1, 0.15) is 96.7 Å². The Morgan fingerprint density at radius 1 is 0.537 bits per heavy atom. The number of nitrogens with zero attached hydrogens (tertiary/aromatic N) is 13. The molecule has 4 aromatic carbocycles. The van der Waals surface area contributed by atoms with Crippen LogP contribution in [-0.2, 0) is 39.4 Å². The van der Waals surface area contributed by atoms with Gasteiger partial charge in [-0.05, 0) is 183 Å². The average Bonchev–Trinajstić information content (AvgIpc) is 1.80. The molecule has 3 aromatic heterocycles. The number of Topliss-reactive ketones (excluding diaryl/α,β-unsaturated/α-hetero) is 2. The zero-order chi connectivity index (χ0) is 68.0. The van der Waals surface area contributed by atoms with E-state index in [0.717, 1.165) is 96.8 Å². The van der Waals surface area contributed by atoms with E-state index in [9.17, 15) is 45.1 Å². The van der Waals surface area contributed by atoms with Gasteiger partial charge in [-0.1, -0.05) is 41.4 Å². The van der Waals surface area contributed by atoms with Gasteiger partial charge in [-0.2, -0.15) is 41.8 Å². The molecule has 2 aliphatic rings. The Hall–Kier alpha value is -8.92. The van der Waals surface area contributed by atoms with E-state index >= 15 is 0 Å². The van der Waals surface area contributed by atoms with Crippen molar-refractivity contribution in [2.75, 3.05) is 99.0 Å². The number of hydrogen-bond acceptors (Lipinski definition) is 26. The molecule has 27 nitrogen and oxygen atoms in total. The zero-order valence-corrected chi connectivity index (χ0v) is 57.4. The third-order valence-corrected chi connectivity index (χ3v) is 19.5. The van der Waals surface area contributed by atoms with Crippen molar-refractivity contribution in [3.05, 3.63) is 106 Å². The van der Waals surface area contributed by atoms with E-state index in [4.69, 9.17) is 35.1 Å². The topological polar surface area (TPSA) is 352 Å². The molecule has 2 amide bonds. The second-order valence-electron chi connectivity index (χ2n) is 21.7. The van der Waals surface area contributed by atoms with Gasteiger partial charge >= 0.3 is 0 Å². The third kappa shape index (κ3) is 18.5. The standard InChI is InChI=1S/C63H73N17O10S5/c1-8-77(9-2)43-23-29-49(73-75-62-68-55(79-31-15-13-16-32-79)53(92-62)37-47(39(6)81)57(83)64-41-19-25-45(26-20-41)94(85,86)87)51(35-43)66-59-70-60(72-61(71-59)91-12-5)67-52-36-44(78(10-3)11-4)24-30-50(52)74-76-63-69-56(80-33-17-14-18-34-80)54(93-63)38-48(40(7)82)58(84)65-42-21-27-46(28-22-42)95(88,89)90/h19-30,35-38H,8-18,31-34H2,1-7H3,(H,64,83)(H,65,84)(H,85,86,87)(H,88,89,90)(H2,66,67,70,71,72). The molecule has 9 rings (SSSR count). The molecule has 0 saturated carbocycles. The van der Waals surface area contributed by atoms with Crippen LogP contribution in [0.2, 0.25) is 0 Å². The van der Waals surface area contributed by atoms with Crippen molar-refractivity contribution < 1.29 is 45.1 Å². The van der Waals surface area contributed by atoms with Crippen molar-refractivity contribution in [1.82, 2.24) is 24.9 Å². The van der Waals surface area contributed by atoms with Gasteiger partial charge in [-0.25, -0.2) is 0 Å². The quantitative estimate of drug-likeness (QED) is 0.00662. The van der Waals surface area contributed by atoms with Crippen LogP contribution in [0.15, 0.2) is 131 Å². The van der Waals surface area contributed by atoms with Gasteiger partial charge in [0.05, 0.1) is 42.1 Å². The summed E-state index contributed by atoms with van der Waals surface area (Å²) < 4.78 is 65.5. The third-order valence-electron chi connectivity index (χ3n) is 15.3. The van der Waals surface area contributed by atoms with Crippen LogP contribution in [0, 0.1) is 0 Å². The SMILES string of the molecule is CCSc1nc(Nc2cc(N(CC)CC)ccc2N=Nc2nc(N3CCCCC3)c(C=C(C(C)=O)C(=O)Nc3ccc(S(=O)(=O)O)cc3)s2)nc(Nc2cc(N(CC)CC)ccc2N=Nc2nc(N3CCCCC3)c(C=C(C(C)=O)C(=O)Nc3ccc(S(=O)(=O)O)cc3)s2)n1. The predicted octanol–water partition coefficient (Wildman–Crippen LogP) is 13.6. The van der Waals surface area contributed by atoms with Crippen LogP contribution in [0.3, 0.4) is 0 Å². The van der Waals surface area contributed by atoms with Gasteiger partial charge < -0.3 is 40.9 Å². The number of carbonyl (C=O) groups excluding carboxylic acids is 4. The summed E-state index contributed by atoms with van der Waals surface area (Å²) in [5.41, 5.74) is 3.62. The number of benzene rings is 4. The number of hydrogen-bond donors (Lipinski definition) is 6. The minimum atomic E-state index is -4.47. The Morgan fingerprint density at radius 3 is 1.25 bits per heavy atom. The summed E-state index contributed by atoms with van der Waals surface area (Å²) in [7, 11) is -8.95. The van der Waals surface area contributed by atoms with Crippen LogP contribution < -0.4 is 40.9 Å². The van der Waals surface area contributed by atoms with Crippen molar-refractivity contribution in [2.24, 2.45) is 20.5 Å². The van der Waals surface area contributed by atoms with Gasteiger partial charge in [-0.3, -0.25) is 28.3 Å². The molecule has 0 spiro atoms. The molecule has 0 atom stereocenters. The van der Waals surface area contributed by atoms with E-state index in [2.05, 4.69) is 78.8 Å². The largest absolute Gasteiger partial charge is 0.372 e. The Balaban J connectivity index is 1.05. The number of anilines is 10. The van der Waals surface area contributed by atoms with Gasteiger partial charge in [0.15, 0.2) is 16.7 Å². The summed E-state index contributed by atoms with van der Waals surface area (Å²) in [6.45, 7) is 18.3. The molecule has 0 radical (unpaired) electrons. The molecule has 0 aliphatic carbocycles. The van der Waals surface area contributed by atoms with Gasteiger partial charge in [0.2, 0.25) is 22.2 Å².